The number of hydrogen-bond donors (Lipinski definition) is 0. The molecule has 112 valence electrons. The fourth-order valence-electron chi connectivity index (χ4n) is 2.93. The normalized spacial score (nSPS) is 24.7. The van der Waals surface area contributed by atoms with Gasteiger partial charge in [0.1, 0.15) is 5.60 Å². The summed E-state index contributed by atoms with van der Waals surface area (Å²) in [4.78, 5) is 11.7. The highest BCUT2D eigenvalue weighted by atomic mass is 16.5. The third-order valence-corrected chi connectivity index (χ3v) is 4.00. The summed E-state index contributed by atoms with van der Waals surface area (Å²) in [6.07, 6.45) is 6.38. The van der Waals surface area contributed by atoms with Gasteiger partial charge < -0.3 is 14.6 Å². The van der Waals surface area contributed by atoms with Crippen LogP contribution in [0.5, 0.6) is 0 Å². The van der Waals surface area contributed by atoms with E-state index in [4.69, 9.17) is 4.74 Å². The van der Waals surface area contributed by atoms with Crippen molar-refractivity contribution in [2.24, 2.45) is 5.92 Å². The molecule has 1 aliphatic rings. The number of ether oxygens (including phenoxy) is 1. The standard InChI is InChI=1S/C18H22O3/c1-4-14-10-11-18(21-5-2,16(12-14)17(19)20)15-9-7-6-8-13(15)3/h6-12,16H,4-5H2,1-3H3,(H,19,20)/p-1. The number of carboxylic acid groups (broad SMARTS) is 1. The summed E-state index contributed by atoms with van der Waals surface area (Å²) < 4.78 is 5.95. The molecule has 0 N–H and O–H groups in total. The summed E-state index contributed by atoms with van der Waals surface area (Å²) in [6.45, 7) is 6.27. The number of aryl methyl sites for hydroxylation is 1. The lowest BCUT2D eigenvalue weighted by Gasteiger charge is -2.41. The molecule has 0 heterocycles. The molecule has 0 spiro atoms. The quantitative estimate of drug-likeness (QED) is 0.835. The molecule has 2 atom stereocenters. The molecule has 0 aliphatic heterocycles. The van der Waals surface area contributed by atoms with E-state index in [0.29, 0.717) is 6.61 Å². The zero-order valence-corrected chi connectivity index (χ0v) is 12.8. The summed E-state index contributed by atoms with van der Waals surface area (Å²) in [7, 11) is 0. The van der Waals surface area contributed by atoms with Crippen LogP contribution in [-0.2, 0) is 15.1 Å². The van der Waals surface area contributed by atoms with Crippen molar-refractivity contribution in [1.29, 1.82) is 0 Å². The molecule has 0 saturated heterocycles. The molecule has 1 aromatic carbocycles. The second-order valence-electron chi connectivity index (χ2n) is 5.27. The van der Waals surface area contributed by atoms with Crippen molar-refractivity contribution in [1.82, 2.24) is 0 Å². The highest BCUT2D eigenvalue weighted by Crippen LogP contribution is 2.41. The van der Waals surface area contributed by atoms with E-state index in [9.17, 15) is 9.90 Å². The minimum absolute atomic E-state index is 0.428. The Balaban J connectivity index is 2.61. The minimum atomic E-state index is -1.11. The van der Waals surface area contributed by atoms with Crippen LogP contribution in [0.25, 0.3) is 0 Å². The van der Waals surface area contributed by atoms with E-state index >= 15 is 0 Å². The molecule has 0 bridgehead atoms. The first-order chi connectivity index (χ1) is 10.0. The molecule has 2 unspecified atom stereocenters. The Bertz CT molecular complexity index is 586. The number of carbonyl (C=O) groups is 1. The summed E-state index contributed by atoms with van der Waals surface area (Å²) in [5, 5.41) is 11.7. The number of carbonyl (C=O) groups excluding carboxylic acids is 1. The van der Waals surface area contributed by atoms with Crippen molar-refractivity contribution in [3.05, 3.63) is 59.2 Å². The van der Waals surface area contributed by atoms with Crippen LogP contribution < -0.4 is 5.11 Å². The van der Waals surface area contributed by atoms with Crippen LogP contribution in [-0.4, -0.2) is 12.6 Å². The molecule has 2 rings (SSSR count). The van der Waals surface area contributed by atoms with Gasteiger partial charge in [0.25, 0.3) is 0 Å². The predicted octanol–water partition coefficient (Wildman–Crippen LogP) is 2.50. The SMILES string of the molecule is CCOC1(c2ccccc2C)C=CC(CC)=CC1C(=O)[O-]. The average molecular weight is 285 g/mol. The highest BCUT2D eigenvalue weighted by molar-refractivity contribution is 5.74. The molecule has 0 radical (unpaired) electrons. The molecule has 21 heavy (non-hydrogen) atoms. The molecule has 1 aliphatic carbocycles. The topological polar surface area (TPSA) is 49.4 Å². The fraction of sp³-hybridized carbons (Fsp3) is 0.389. The Morgan fingerprint density at radius 1 is 1.33 bits per heavy atom. The Labute approximate surface area is 125 Å². The van der Waals surface area contributed by atoms with E-state index < -0.39 is 17.5 Å². The minimum Gasteiger partial charge on any atom is -0.549 e. The van der Waals surface area contributed by atoms with Gasteiger partial charge in [-0.05, 0) is 37.5 Å². The molecule has 3 heteroatoms. The predicted molar refractivity (Wildman–Crippen MR) is 80.5 cm³/mol. The molecule has 0 fully saturated rings. The first-order valence-electron chi connectivity index (χ1n) is 7.36. The molecule has 3 nitrogen and oxygen atoms in total. The summed E-state index contributed by atoms with van der Waals surface area (Å²) >= 11 is 0. The molecule has 0 amide bonds. The van der Waals surface area contributed by atoms with Gasteiger partial charge in [-0.15, -0.1) is 0 Å². The van der Waals surface area contributed by atoms with Gasteiger partial charge in [-0.25, -0.2) is 0 Å². The molecular weight excluding hydrogens is 264 g/mol. The average Bonchev–Trinajstić information content (AvgIpc) is 2.48. The van der Waals surface area contributed by atoms with Crippen LogP contribution in [0.2, 0.25) is 0 Å². The van der Waals surface area contributed by atoms with E-state index in [1.807, 2.05) is 57.2 Å². The van der Waals surface area contributed by atoms with Crippen LogP contribution in [0, 0.1) is 12.8 Å². The van der Waals surface area contributed by atoms with Gasteiger partial charge in [0, 0.05) is 6.61 Å². The zero-order valence-electron chi connectivity index (χ0n) is 12.8. The van der Waals surface area contributed by atoms with Gasteiger partial charge in [-0.1, -0.05) is 48.9 Å². The third kappa shape index (κ3) is 2.79. The van der Waals surface area contributed by atoms with Gasteiger partial charge >= 0.3 is 0 Å². The first kappa shape index (κ1) is 15.5. The maximum atomic E-state index is 11.7. The van der Waals surface area contributed by atoms with Gasteiger partial charge in [0.05, 0.1) is 11.9 Å². The Morgan fingerprint density at radius 3 is 2.62 bits per heavy atom. The Kier molecular flexibility index (Phi) is 4.63. The van der Waals surface area contributed by atoms with Crippen molar-refractivity contribution < 1.29 is 14.6 Å². The van der Waals surface area contributed by atoms with Crippen LogP contribution in [0.3, 0.4) is 0 Å². The van der Waals surface area contributed by atoms with E-state index in [1.165, 1.54) is 0 Å². The fourth-order valence-corrected chi connectivity index (χ4v) is 2.93. The molecule has 1 aromatic rings. The largest absolute Gasteiger partial charge is 0.549 e. The van der Waals surface area contributed by atoms with Gasteiger partial charge in [-0.2, -0.15) is 0 Å². The van der Waals surface area contributed by atoms with E-state index in [1.54, 1.807) is 6.08 Å². The number of allylic oxidation sites excluding steroid dienone is 2. The van der Waals surface area contributed by atoms with Crippen LogP contribution >= 0.6 is 0 Å². The number of benzene rings is 1. The van der Waals surface area contributed by atoms with E-state index in [-0.39, 0.29) is 0 Å². The summed E-state index contributed by atoms with van der Waals surface area (Å²) in [6, 6.07) is 7.74. The van der Waals surface area contributed by atoms with Crippen LogP contribution in [0.15, 0.2) is 48.1 Å². The second kappa shape index (κ2) is 6.27. The number of rotatable bonds is 5. The lowest BCUT2D eigenvalue weighted by Crippen LogP contribution is -2.47. The highest BCUT2D eigenvalue weighted by Gasteiger charge is 2.41. The van der Waals surface area contributed by atoms with Crippen molar-refractivity contribution in [3.8, 4) is 0 Å². The number of carboxylic acids is 1. The van der Waals surface area contributed by atoms with E-state index in [2.05, 4.69) is 0 Å². The Hall–Kier alpha value is -1.87. The maximum absolute atomic E-state index is 11.7. The summed E-state index contributed by atoms with van der Waals surface area (Å²) in [5.41, 5.74) is 1.89. The smallest absolute Gasteiger partial charge is 0.123 e. The Morgan fingerprint density at radius 2 is 2.05 bits per heavy atom. The lowest BCUT2D eigenvalue weighted by atomic mass is 9.75. The third-order valence-electron chi connectivity index (χ3n) is 4.00. The van der Waals surface area contributed by atoms with Crippen LogP contribution in [0.1, 0.15) is 31.4 Å². The first-order valence-corrected chi connectivity index (χ1v) is 7.36. The molecule has 0 saturated carbocycles. The number of hydrogen-bond acceptors (Lipinski definition) is 3. The molecule has 0 aromatic heterocycles. The van der Waals surface area contributed by atoms with Crippen molar-refractivity contribution >= 4 is 5.97 Å². The maximum Gasteiger partial charge on any atom is 0.123 e. The second-order valence-corrected chi connectivity index (χ2v) is 5.27. The van der Waals surface area contributed by atoms with Gasteiger partial charge in [-0.3, -0.25) is 0 Å². The van der Waals surface area contributed by atoms with E-state index in [0.717, 1.165) is 23.1 Å². The van der Waals surface area contributed by atoms with Crippen molar-refractivity contribution in [3.63, 3.8) is 0 Å². The number of aliphatic carboxylic acids is 1. The zero-order chi connectivity index (χ0) is 15.5. The van der Waals surface area contributed by atoms with Gasteiger partial charge in [0.15, 0.2) is 0 Å². The molecular formula is C18H21O3-. The van der Waals surface area contributed by atoms with Crippen molar-refractivity contribution in [2.75, 3.05) is 6.61 Å². The van der Waals surface area contributed by atoms with Crippen LogP contribution in [0.4, 0.5) is 0 Å². The lowest BCUT2D eigenvalue weighted by molar-refractivity contribution is -0.315. The van der Waals surface area contributed by atoms with Crippen molar-refractivity contribution in [2.45, 2.75) is 32.8 Å². The monoisotopic (exact) mass is 285 g/mol. The summed E-state index contributed by atoms with van der Waals surface area (Å²) in [5.74, 6) is -1.93. The van der Waals surface area contributed by atoms with Gasteiger partial charge in [0.2, 0.25) is 0 Å².